The second kappa shape index (κ2) is 8.34. The number of methoxy groups -OCH3 is 3. The average Bonchev–Trinajstić information content (AvgIpc) is 2.50. The predicted octanol–water partition coefficient (Wildman–Crippen LogP) is 2.78. The first-order valence-electron chi connectivity index (χ1n) is 6.62. The fraction of sp³-hybridized carbons (Fsp3) is 0.500. The quantitative estimate of drug-likeness (QED) is 0.586. The van der Waals surface area contributed by atoms with E-state index in [1.165, 1.54) is 0 Å². The molecule has 1 unspecified atom stereocenters. The van der Waals surface area contributed by atoms with Gasteiger partial charge >= 0.3 is 0 Å². The average molecular weight is 277 g/mol. The second-order valence-electron chi connectivity index (χ2n) is 4.39. The van der Waals surface area contributed by atoms with Gasteiger partial charge in [-0.1, -0.05) is 0 Å². The molecule has 0 aliphatic carbocycles. The van der Waals surface area contributed by atoms with Crippen LogP contribution in [0.2, 0.25) is 0 Å². The third-order valence-electron chi connectivity index (χ3n) is 3.27. The molecule has 0 saturated carbocycles. The van der Waals surface area contributed by atoms with Gasteiger partial charge < -0.3 is 19.5 Å². The summed E-state index contributed by atoms with van der Waals surface area (Å²) < 4.78 is 16.1. The standard InChI is InChI=1S/C16H23NO3/c1-6-7-8-9-13(17-2)12-10-15(19-4)16(20-5)11-14(12)18-3/h1,10-11,13,17H,7-9H2,2-5H3. The van der Waals surface area contributed by atoms with Gasteiger partial charge in [0.15, 0.2) is 11.5 Å². The molecule has 0 amide bonds. The number of hydrogen-bond donors (Lipinski definition) is 1. The van der Waals surface area contributed by atoms with Crippen molar-refractivity contribution in [2.75, 3.05) is 28.4 Å². The highest BCUT2D eigenvalue weighted by Crippen LogP contribution is 2.38. The first-order chi connectivity index (χ1) is 9.71. The molecule has 0 aliphatic rings. The zero-order valence-corrected chi connectivity index (χ0v) is 12.7. The Morgan fingerprint density at radius 1 is 1.10 bits per heavy atom. The number of ether oxygens (including phenoxy) is 3. The van der Waals surface area contributed by atoms with E-state index in [0.717, 1.165) is 30.6 Å². The number of benzene rings is 1. The molecular weight excluding hydrogens is 254 g/mol. The van der Waals surface area contributed by atoms with Gasteiger partial charge in [0.2, 0.25) is 0 Å². The molecule has 1 atom stereocenters. The summed E-state index contributed by atoms with van der Waals surface area (Å²) in [4.78, 5) is 0. The summed E-state index contributed by atoms with van der Waals surface area (Å²) in [7, 11) is 6.82. The van der Waals surface area contributed by atoms with Gasteiger partial charge in [0.05, 0.1) is 21.3 Å². The van der Waals surface area contributed by atoms with Gasteiger partial charge in [-0.15, -0.1) is 12.3 Å². The van der Waals surface area contributed by atoms with Crippen LogP contribution in [0.5, 0.6) is 17.2 Å². The fourth-order valence-corrected chi connectivity index (χ4v) is 2.19. The van der Waals surface area contributed by atoms with Crippen LogP contribution >= 0.6 is 0 Å². The molecule has 0 aliphatic heterocycles. The van der Waals surface area contributed by atoms with Crippen molar-refractivity contribution >= 4 is 0 Å². The maximum atomic E-state index is 5.46. The first kappa shape index (κ1) is 16.2. The van der Waals surface area contributed by atoms with Gasteiger partial charge in [0.25, 0.3) is 0 Å². The molecule has 1 N–H and O–H groups in total. The lowest BCUT2D eigenvalue weighted by atomic mass is 9.99. The second-order valence-corrected chi connectivity index (χ2v) is 4.39. The monoisotopic (exact) mass is 277 g/mol. The molecule has 1 aromatic carbocycles. The minimum atomic E-state index is 0.165. The lowest BCUT2D eigenvalue weighted by Crippen LogP contribution is -2.17. The molecule has 110 valence electrons. The molecule has 0 radical (unpaired) electrons. The summed E-state index contributed by atoms with van der Waals surface area (Å²) in [6.07, 6.45) is 7.97. The number of nitrogens with one attached hydrogen (secondary N) is 1. The lowest BCUT2D eigenvalue weighted by Gasteiger charge is -2.21. The van der Waals surface area contributed by atoms with Crippen LogP contribution in [0.15, 0.2) is 12.1 Å². The van der Waals surface area contributed by atoms with E-state index in [1.807, 2.05) is 19.2 Å². The molecule has 20 heavy (non-hydrogen) atoms. The van der Waals surface area contributed by atoms with E-state index in [2.05, 4.69) is 11.2 Å². The highest BCUT2D eigenvalue weighted by molar-refractivity contribution is 5.51. The Morgan fingerprint density at radius 2 is 1.70 bits per heavy atom. The SMILES string of the molecule is C#CCCCC(NC)c1cc(OC)c(OC)cc1OC. The van der Waals surface area contributed by atoms with Crippen molar-refractivity contribution in [3.05, 3.63) is 17.7 Å². The van der Waals surface area contributed by atoms with E-state index < -0.39 is 0 Å². The minimum absolute atomic E-state index is 0.165. The summed E-state index contributed by atoms with van der Waals surface area (Å²) in [5.74, 6) is 4.80. The van der Waals surface area contributed by atoms with Crippen molar-refractivity contribution in [3.8, 4) is 29.6 Å². The van der Waals surface area contributed by atoms with Crippen LogP contribution in [-0.4, -0.2) is 28.4 Å². The van der Waals surface area contributed by atoms with Gasteiger partial charge in [0.1, 0.15) is 5.75 Å². The zero-order valence-electron chi connectivity index (χ0n) is 12.7. The van der Waals surface area contributed by atoms with E-state index in [9.17, 15) is 0 Å². The zero-order chi connectivity index (χ0) is 15.0. The van der Waals surface area contributed by atoms with Crippen molar-refractivity contribution < 1.29 is 14.2 Å². The van der Waals surface area contributed by atoms with Crippen LogP contribution in [0.25, 0.3) is 0 Å². The molecule has 1 rings (SSSR count). The Hall–Kier alpha value is -1.86. The van der Waals surface area contributed by atoms with Gasteiger partial charge in [-0.3, -0.25) is 0 Å². The normalized spacial score (nSPS) is 11.6. The molecule has 0 fully saturated rings. The van der Waals surface area contributed by atoms with Crippen LogP contribution in [-0.2, 0) is 0 Å². The van der Waals surface area contributed by atoms with Crippen molar-refractivity contribution in [1.82, 2.24) is 5.32 Å². The topological polar surface area (TPSA) is 39.7 Å². The number of unbranched alkanes of at least 4 members (excludes halogenated alkanes) is 1. The molecule has 0 heterocycles. The highest BCUT2D eigenvalue weighted by atomic mass is 16.5. The smallest absolute Gasteiger partial charge is 0.164 e. The van der Waals surface area contributed by atoms with Crippen LogP contribution in [0.1, 0.15) is 30.9 Å². The summed E-state index contributed by atoms with van der Waals surface area (Å²) in [6, 6.07) is 3.96. The lowest BCUT2D eigenvalue weighted by molar-refractivity contribution is 0.344. The largest absolute Gasteiger partial charge is 0.496 e. The molecule has 1 aromatic rings. The highest BCUT2D eigenvalue weighted by Gasteiger charge is 2.18. The number of terminal acetylenes is 1. The Bertz CT molecular complexity index is 466. The third-order valence-corrected chi connectivity index (χ3v) is 3.27. The number of hydrogen-bond acceptors (Lipinski definition) is 4. The van der Waals surface area contributed by atoms with Gasteiger partial charge in [-0.25, -0.2) is 0 Å². The molecule has 4 heteroatoms. The van der Waals surface area contributed by atoms with Crippen LogP contribution in [0, 0.1) is 12.3 Å². The van der Waals surface area contributed by atoms with E-state index in [1.54, 1.807) is 21.3 Å². The maximum absolute atomic E-state index is 5.46. The Balaban J connectivity index is 3.09. The van der Waals surface area contributed by atoms with E-state index >= 15 is 0 Å². The number of rotatable bonds is 8. The Kier molecular flexibility index (Phi) is 6.75. The van der Waals surface area contributed by atoms with Gasteiger partial charge in [-0.05, 0) is 26.0 Å². The van der Waals surface area contributed by atoms with Crippen LogP contribution in [0.4, 0.5) is 0 Å². The van der Waals surface area contributed by atoms with Crippen molar-refractivity contribution in [1.29, 1.82) is 0 Å². The van der Waals surface area contributed by atoms with Crippen molar-refractivity contribution in [2.24, 2.45) is 0 Å². The maximum Gasteiger partial charge on any atom is 0.164 e. The molecular formula is C16H23NO3. The molecule has 4 nitrogen and oxygen atoms in total. The first-order valence-corrected chi connectivity index (χ1v) is 6.62. The molecule has 0 bridgehead atoms. The summed E-state index contributed by atoms with van der Waals surface area (Å²) in [6.45, 7) is 0. The van der Waals surface area contributed by atoms with E-state index in [4.69, 9.17) is 20.6 Å². The third kappa shape index (κ3) is 3.82. The van der Waals surface area contributed by atoms with E-state index in [0.29, 0.717) is 11.5 Å². The summed E-state index contributed by atoms with van der Waals surface area (Å²) >= 11 is 0. The Labute approximate surface area is 121 Å². The summed E-state index contributed by atoms with van der Waals surface area (Å²) in [5, 5.41) is 3.30. The van der Waals surface area contributed by atoms with Crippen LogP contribution in [0.3, 0.4) is 0 Å². The summed E-state index contributed by atoms with van der Waals surface area (Å²) in [5.41, 5.74) is 1.05. The molecule has 0 aromatic heterocycles. The minimum Gasteiger partial charge on any atom is -0.496 e. The van der Waals surface area contributed by atoms with Gasteiger partial charge in [0, 0.05) is 24.1 Å². The van der Waals surface area contributed by atoms with Crippen molar-refractivity contribution in [3.63, 3.8) is 0 Å². The van der Waals surface area contributed by atoms with Crippen molar-refractivity contribution in [2.45, 2.75) is 25.3 Å². The molecule has 0 spiro atoms. The van der Waals surface area contributed by atoms with E-state index in [-0.39, 0.29) is 6.04 Å². The van der Waals surface area contributed by atoms with Gasteiger partial charge in [-0.2, -0.15) is 0 Å². The molecule has 0 saturated heterocycles. The van der Waals surface area contributed by atoms with Crippen LogP contribution < -0.4 is 19.5 Å². The fourth-order valence-electron chi connectivity index (χ4n) is 2.19. The Morgan fingerprint density at radius 3 is 2.20 bits per heavy atom. The predicted molar refractivity (Wildman–Crippen MR) is 80.6 cm³/mol.